The fourth-order valence-electron chi connectivity index (χ4n) is 6.35. The molecule has 0 amide bonds. The standard InChI is InChI=1S/C46H64O8/c1-49-39-29-33-41(34-30-39)51-37-43-25-21-17-13-9-5-3-7-12-16-20-24-28-46(48)54-44(38-52-42-35-31-40(50-2)32-36-42)26-22-18-14-10-6-4-8-11-15-19-23-27-45(47)53-43/h29-36,43-44H,3-22,25-26,37-38H2,1-2H3. The van der Waals surface area contributed by atoms with Crippen molar-refractivity contribution in [3.05, 3.63) is 48.5 Å². The van der Waals surface area contributed by atoms with Crippen molar-refractivity contribution >= 4 is 11.9 Å². The van der Waals surface area contributed by atoms with E-state index in [1.807, 2.05) is 48.5 Å². The van der Waals surface area contributed by atoms with Gasteiger partial charge in [-0.25, -0.2) is 9.59 Å². The summed E-state index contributed by atoms with van der Waals surface area (Å²) in [6, 6.07) is 14.9. The molecule has 0 saturated carbocycles. The molecule has 296 valence electrons. The van der Waals surface area contributed by atoms with E-state index in [0.717, 1.165) is 88.5 Å². The number of hydrogen-bond acceptors (Lipinski definition) is 8. The monoisotopic (exact) mass is 744 g/mol. The van der Waals surface area contributed by atoms with E-state index in [1.165, 1.54) is 51.4 Å². The van der Waals surface area contributed by atoms with E-state index in [1.54, 1.807) is 14.2 Å². The van der Waals surface area contributed by atoms with Crippen LogP contribution in [0.2, 0.25) is 0 Å². The lowest BCUT2D eigenvalue weighted by molar-refractivity contribution is -0.144. The second-order valence-corrected chi connectivity index (χ2v) is 14.1. The molecule has 0 saturated heterocycles. The molecule has 2 aromatic rings. The van der Waals surface area contributed by atoms with Crippen LogP contribution >= 0.6 is 0 Å². The Labute approximate surface area is 325 Å². The highest BCUT2D eigenvalue weighted by Crippen LogP contribution is 2.21. The molecule has 0 aromatic heterocycles. The molecule has 54 heavy (non-hydrogen) atoms. The second-order valence-electron chi connectivity index (χ2n) is 14.1. The van der Waals surface area contributed by atoms with E-state index < -0.39 is 11.9 Å². The number of hydrogen-bond donors (Lipinski definition) is 0. The first kappa shape index (κ1) is 44.1. The third-order valence-corrected chi connectivity index (χ3v) is 9.57. The summed E-state index contributed by atoms with van der Waals surface area (Å²) in [6.07, 6.45) is 22.3. The minimum Gasteiger partial charge on any atom is -0.497 e. The normalized spacial score (nSPS) is 20.0. The molecule has 2 unspecified atom stereocenters. The largest absolute Gasteiger partial charge is 0.497 e. The second kappa shape index (κ2) is 29.1. The molecule has 2 atom stereocenters. The highest BCUT2D eigenvalue weighted by atomic mass is 16.6. The Kier molecular flexibility index (Phi) is 23.8. The molecule has 0 N–H and O–H groups in total. The van der Waals surface area contributed by atoms with Crippen molar-refractivity contribution in [1.82, 2.24) is 0 Å². The average Bonchev–Trinajstić information content (AvgIpc) is 3.19. The molecule has 8 heteroatoms. The van der Waals surface area contributed by atoms with Crippen LogP contribution in [0.5, 0.6) is 23.0 Å². The van der Waals surface area contributed by atoms with E-state index in [4.69, 9.17) is 28.4 Å². The van der Waals surface area contributed by atoms with Crippen molar-refractivity contribution in [1.29, 1.82) is 0 Å². The van der Waals surface area contributed by atoms with Crippen molar-refractivity contribution in [3.63, 3.8) is 0 Å². The summed E-state index contributed by atoms with van der Waals surface area (Å²) in [5.41, 5.74) is 0. The molecule has 0 aliphatic carbocycles. The van der Waals surface area contributed by atoms with Crippen LogP contribution < -0.4 is 18.9 Å². The van der Waals surface area contributed by atoms with Crippen molar-refractivity contribution in [2.75, 3.05) is 27.4 Å². The van der Waals surface area contributed by atoms with Crippen molar-refractivity contribution in [3.8, 4) is 46.7 Å². The van der Waals surface area contributed by atoms with Crippen LogP contribution in [0.1, 0.15) is 141 Å². The minimum atomic E-state index is -0.468. The number of carbonyl (C=O) groups is 2. The molecule has 0 fully saturated rings. The Morgan fingerprint density at radius 2 is 0.759 bits per heavy atom. The smallest absolute Gasteiger partial charge is 0.384 e. The van der Waals surface area contributed by atoms with Gasteiger partial charge in [0.05, 0.1) is 14.2 Å². The number of carbonyl (C=O) groups excluding carboxylic acids is 2. The van der Waals surface area contributed by atoms with E-state index in [9.17, 15) is 9.59 Å². The molecular weight excluding hydrogens is 680 g/mol. The Balaban J connectivity index is 1.45. The number of cyclic esters (lactones) is 2. The van der Waals surface area contributed by atoms with Gasteiger partial charge < -0.3 is 28.4 Å². The first-order valence-electron chi connectivity index (χ1n) is 20.5. The van der Waals surface area contributed by atoms with Gasteiger partial charge in [-0.3, -0.25) is 0 Å². The number of rotatable bonds is 8. The maximum atomic E-state index is 12.6. The van der Waals surface area contributed by atoms with Crippen molar-refractivity contribution in [2.24, 2.45) is 0 Å². The van der Waals surface area contributed by atoms with Gasteiger partial charge in [-0.1, -0.05) is 102 Å². The van der Waals surface area contributed by atoms with Crippen LogP contribution in [0.15, 0.2) is 48.5 Å². The number of esters is 2. The Morgan fingerprint density at radius 1 is 0.463 bits per heavy atom. The van der Waals surface area contributed by atoms with Gasteiger partial charge >= 0.3 is 11.9 Å². The van der Waals surface area contributed by atoms with Gasteiger partial charge in [0.2, 0.25) is 0 Å². The number of methoxy groups -OCH3 is 2. The number of benzene rings is 2. The van der Waals surface area contributed by atoms with Gasteiger partial charge in [-0.05, 0) is 87.1 Å². The third-order valence-electron chi connectivity index (χ3n) is 9.57. The fourth-order valence-corrected chi connectivity index (χ4v) is 6.35. The molecule has 8 nitrogen and oxygen atoms in total. The SMILES string of the molecule is COc1ccc(OCC2CCCCCCCCCCCC#CC(=O)OC(COc3ccc(OC)cc3)CCCCCCCCCCCC#CC(=O)O2)cc1. The summed E-state index contributed by atoms with van der Waals surface area (Å²) < 4.78 is 34.0. The molecule has 3 rings (SSSR count). The van der Waals surface area contributed by atoms with Crippen LogP contribution in [0.4, 0.5) is 0 Å². The lowest BCUT2D eigenvalue weighted by atomic mass is 10.0. The summed E-state index contributed by atoms with van der Waals surface area (Å²) in [7, 11) is 3.27. The lowest BCUT2D eigenvalue weighted by Gasteiger charge is -2.17. The predicted molar refractivity (Wildman–Crippen MR) is 214 cm³/mol. The van der Waals surface area contributed by atoms with Crippen LogP contribution in [-0.4, -0.2) is 51.6 Å². The summed E-state index contributed by atoms with van der Waals surface area (Å²) in [5, 5.41) is 0. The van der Waals surface area contributed by atoms with E-state index in [-0.39, 0.29) is 12.2 Å². The van der Waals surface area contributed by atoms with Crippen LogP contribution in [0, 0.1) is 23.7 Å². The van der Waals surface area contributed by atoms with Crippen LogP contribution in [0.25, 0.3) is 0 Å². The van der Waals surface area contributed by atoms with E-state index >= 15 is 0 Å². The van der Waals surface area contributed by atoms with Gasteiger partial charge in [0.15, 0.2) is 0 Å². The van der Waals surface area contributed by atoms with Gasteiger partial charge in [0.1, 0.15) is 48.4 Å². The third kappa shape index (κ3) is 21.4. The Bertz CT molecular complexity index is 1300. The van der Waals surface area contributed by atoms with Crippen LogP contribution in [-0.2, 0) is 19.1 Å². The summed E-state index contributed by atoms with van der Waals surface area (Å²) >= 11 is 0. The molecule has 1 heterocycles. The molecular formula is C46H64O8. The van der Waals surface area contributed by atoms with Gasteiger partial charge in [-0.15, -0.1) is 0 Å². The average molecular weight is 745 g/mol. The molecule has 0 radical (unpaired) electrons. The van der Waals surface area contributed by atoms with Gasteiger partial charge in [0, 0.05) is 24.7 Å². The highest BCUT2D eigenvalue weighted by Gasteiger charge is 2.16. The first-order chi connectivity index (χ1) is 26.6. The zero-order valence-electron chi connectivity index (χ0n) is 33.0. The zero-order chi connectivity index (χ0) is 38.3. The molecule has 1 aliphatic heterocycles. The lowest BCUT2D eigenvalue weighted by Crippen LogP contribution is -2.24. The maximum absolute atomic E-state index is 12.6. The van der Waals surface area contributed by atoms with Crippen molar-refractivity contribution < 1.29 is 38.0 Å². The molecule has 0 spiro atoms. The highest BCUT2D eigenvalue weighted by molar-refractivity contribution is 5.88. The topological polar surface area (TPSA) is 89.5 Å². The summed E-state index contributed by atoms with van der Waals surface area (Å²) in [5.74, 6) is 13.5. The Morgan fingerprint density at radius 3 is 1.09 bits per heavy atom. The maximum Gasteiger partial charge on any atom is 0.384 e. The predicted octanol–water partition coefficient (Wildman–Crippen LogP) is 10.6. The first-order valence-corrected chi connectivity index (χ1v) is 20.5. The molecule has 0 bridgehead atoms. The quantitative estimate of drug-likeness (QED) is 0.150. The van der Waals surface area contributed by atoms with Gasteiger partial charge in [0.25, 0.3) is 0 Å². The summed E-state index contributed by atoms with van der Waals surface area (Å²) in [4.78, 5) is 25.2. The zero-order valence-corrected chi connectivity index (χ0v) is 33.0. The fraction of sp³-hybridized carbons (Fsp3) is 0.609. The minimum absolute atomic E-state index is 0.298. The van der Waals surface area contributed by atoms with Gasteiger partial charge in [-0.2, -0.15) is 0 Å². The molecule has 2 aromatic carbocycles. The van der Waals surface area contributed by atoms with E-state index in [2.05, 4.69) is 23.7 Å². The summed E-state index contributed by atoms with van der Waals surface area (Å²) in [6.45, 7) is 0.596. The van der Waals surface area contributed by atoms with Crippen LogP contribution in [0.3, 0.4) is 0 Å². The molecule has 1 aliphatic rings. The van der Waals surface area contributed by atoms with E-state index in [0.29, 0.717) is 37.6 Å². The number of ether oxygens (including phenoxy) is 6. The Hall–Kier alpha value is -4.30. The van der Waals surface area contributed by atoms with Crippen molar-refractivity contribution in [2.45, 2.75) is 153 Å².